The molecule has 0 aliphatic heterocycles. The lowest BCUT2D eigenvalue weighted by Crippen LogP contribution is -2.33. The van der Waals surface area contributed by atoms with E-state index in [1.165, 1.54) is 10.7 Å². The first-order valence-corrected chi connectivity index (χ1v) is 8.63. The number of carbonyl (C=O) groups is 1. The summed E-state index contributed by atoms with van der Waals surface area (Å²) in [5.41, 5.74) is 3.09. The molecule has 1 heterocycles. The fourth-order valence-electron chi connectivity index (χ4n) is 2.69. The van der Waals surface area contributed by atoms with Gasteiger partial charge in [0.15, 0.2) is 0 Å². The van der Waals surface area contributed by atoms with Crippen molar-refractivity contribution in [2.45, 2.75) is 26.3 Å². The molecule has 3 rings (SSSR count). The Morgan fingerprint density at radius 3 is 2.58 bits per heavy atom. The van der Waals surface area contributed by atoms with Crippen molar-refractivity contribution < 1.29 is 4.79 Å². The standard InChI is InChI=1S/C21H21N3O2/c1-3-16-8-7-11-18(14-16)22-21(26)15(2)24-20(25)13-12-19(23-24)17-9-5-4-6-10-17/h4-15H,3H2,1-2H3,(H,22,26)/t15-/m0/s1. The van der Waals surface area contributed by atoms with Crippen LogP contribution >= 0.6 is 0 Å². The number of benzene rings is 2. The van der Waals surface area contributed by atoms with Crippen LogP contribution in [-0.4, -0.2) is 15.7 Å². The number of hydrogen-bond acceptors (Lipinski definition) is 3. The second-order valence-corrected chi connectivity index (χ2v) is 6.09. The molecule has 1 aromatic heterocycles. The smallest absolute Gasteiger partial charge is 0.267 e. The van der Waals surface area contributed by atoms with E-state index in [4.69, 9.17) is 0 Å². The van der Waals surface area contributed by atoms with Crippen molar-refractivity contribution in [3.05, 3.63) is 82.6 Å². The van der Waals surface area contributed by atoms with Crippen molar-refractivity contribution in [3.63, 3.8) is 0 Å². The van der Waals surface area contributed by atoms with Gasteiger partial charge in [0.1, 0.15) is 6.04 Å². The molecule has 0 aliphatic carbocycles. The molecule has 5 nitrogen and oxygen atoms in total. The normalized spacial score (nSPS) is 11.8. The van der Waals surface area contributed by atoms with Gasteiger partial charge in [0.2, 0.25) is 5.91 Å². The van der Waals surface area contributed by atoms with Gasteiger partial charge in [0, 0.05) is 17.3 Å². The average molecular weight is 347 g/mol. The zero-order valence-corrected chi connectivity index (χ0v) is 14.8. The molecule has 5 heteroatoms. The molecule has 0 spiro atoms. The fraction of sp³-hybridized carbons (Fsp3) is 0.190. The summed E-state index contributed by atoms with van der Waals surface area (Å²) in [5.74, 6) is -0.280. The molecule has 0 bridgehead atoms. The van der Waals surface area contributed by atoms with E-state index in [9.17, 15) is 9.59 Å². The van der Waals surface area contributed by atoms with Gasteiger partial charge in [-0.05, 0) is 37.1 Å². The minimum atomic E-state index is -0.726. The Morgan fingerprint density at radius 1 is 1.08 bits per heavy atom. The maximum atomic E-state index is 12.6. The molecule has 132 valence electrons. The minimum Gasteiger partial charge on any atom is -0.324 e. The predicted molar refractivity (Wildman–Crippen MR) is 103 cm³/mol. The lowest BCUT2D eigenvalue weighted by atomic mass is 10.1. The van der Waals surface area contributed by atoms with Crippen LogP contribution in [0.3, 0.4) is 0 Å². The quantitative estimate of drug-likeness (QED) is 0.766. The van der Waals surface area contributed by atoms with Crippen LogP contribution in [-0.2, 0) is 11.2 Å². The summed E-state index contributed by atoms with van der Waals surface area (Å²) < 4.78 is 1.22. The number of anilines is 1. The van der Waals surface area contributed by atoms with Crippen molar-refractivity contribution in [3.8, 4) is 11.3 Å². The summed E-state index contributed by atoms with van der Waals surface area (Å²) in [7, 11) is 0. The van der Waals surface area contributed by atoms with E-state index in [1.807, 2.05) is 54.6 Å². The number of aryl methyl sites for hydroxylation is 1. The Hall–Kier alpha value is -3.21. The van der Waals surface area contributed by atoms with Gasteiger partial charge in [0.25, 0.3) is 5.56 Å². The molecule has 0 saturated heterocycles. The number of rotatable bonds is 5. The van der Waals surface area contributed by atoms with Crippen molar-refractivity contribution >= 4 is 11.6 Å². The molecule has 0 saturated carbocycles. The van der Waals surface area contributed by atoms with Crippen LogP contribution in [0.25, 0.3) is 11.3 Å². The second-order valence-electron chi connectivity index (χ2n) is 6.09. The molecule has 1 atom stereocenters. The summed E-state index contributed by atoms with van der Waals surface area (Å²) in [6.07, 6.45) is 0.888. The van der Waals surface area contributed by atoms with Crippen molar-refractivity contribution in [1.82, 2.24) is 9.78 Å². The number of hydrogen-bond donors (Lipinski definition) is 1. The molecule has 0 radical (unpaired) electrons. The molecule has 1 amide bonds. The van der Waals surface area contributed by atoms with E-state index in [1.54, 1.807) is 13.0 Å². The maximum Gasteiger partial charge on any atom is 0.267 e. The van der Waals surface area contributed by atoms with Crippen LogP contribution in [0.15, 0.2) is 71.5 Å². The highest BCUT2D eigenvalue weighted by Gasteiger charge is 2.18. The Bertz CT molecular complexity index is 964. The van der Waals surface area contributed by atoms with E-state index >= 15 is 0 Å². The molecular weight excluding hydrogens is 326 g/mol. The van der Waals surface area contributed by atoms with E-state index < -0.39 is 6.04 Å². The van der Waals surface area contributed by atoms with Crippen molar-refractivity contribution in [2.24, 2.45) is 0 Å². The molecule has 3 aromatic rings. The molecular formula is C21H21N3O2. The maximum absolute atomic E-state index is 12.6. The summed E-state index contributed by atoms with van der Waals surface area (Å²) in [4.78, 5) is 24.8. The Morgan fingerprint density at radius 2 is 1.85 bits per heavy atom. The Labute approximate surface area is 152 Å². The Balaban J connectivity index is 1.85. The first-order valence-electron chi connectivity index (χ1n) is 8.63. The van der Waals surface area contributed by atoms with Crippen LogP contribution < -0.4 is 10.9 Å². The predicted octanol–water partition coefficient (Wildman–Crippen LogP) is 3.67. The summed E-state index contributed by atoms with van der Waals surface area (Å²) in [6, 6.07) is 19.6. The molecule has 1 N–H and O–H groups in total. The number of aromatic nitrogens is 2. The number of nitrogens with one attached hydrogen (secondary N) is 1. The molecule has 0 fully saturated rings. The van der Waals surface area contributed by atoms with Crippen LogP contribution in [0.1, 0.15) is 25.5 Å². The van der Waals surface area contributed by atoms with Gasteiger partial charge >= 0.3 is 0 Å². The summed E-state index contributed by atoms with van der Waals surface area (Å²) in [5, 5.41) is 7.24. The Kier molecular flexibility index (Phi) is 5.27. The second kappa shape index (κ2) is 7.78. The van der Waals surface area contributed by atoms with Gasteiger partial charge in [-0.25, -0.2) is 4.68 Å². The monoisotopic (exact) mass is 347 g/mol. The van der Waals surface area contributed by atoms with Crippen LogP contribution in [0.4, 0.5) is 5.69 Å². The summed E-state index contributed by atoms with van der Waals surface area (Å²) in [6.45, 7) is 3.73. The zero-order valence-electron chi connectivity index (χ0n) is 14.8. The van der Waals surface area contributed by atoms with Crippen LogP contribution in [0.5, 0.6) is 0 Å². The largest absolute Gasteiger partial charge is 0.324 e. The first kappa shape index (κ1) is 17.6. The molecule has 0 aliphatic rings. The molecule has 2 aromatic carbocycles. The highest BCUT2D eigenvalue weighted by atomic mass is 16.2. The third-order valence-electron chi connectivity index (χ3n) is 4.24. The van der Waals surface area contributed by atoms with E-state index in [0.29, 0.717) is 11.4 Å². The van der Waals surface area contributed by atoms with Crippen molar-refractivity contribution in [2.75, 3.05) is 5.32 Å². The number of carbonyl (C=O) groups excluding carboxylic acids is 1. The van der Waals surface area contributed by atoms with Crippen LogP contribution in [0.2, 0.25) is 0 Å². The van der Waals surface area contributed by atoms with E-state index in [2.05, 4.69) is 17.3 Å². The van der Waals surface area contributed by atoms with Gasteiger partial charge in [-0.15, -0.1) is 0 Å². The SMILES string of the molecule is CCc1cccc(NC(=O)[C@H](C)n2nc(-c3ccccc3)ccc2=O)c1. The highest BCUT2D eigenvalue weighted by Crippen LogP contribution is 2.16. The summed E-state index contributed by atoms with van der Waals surface area (Å²) >= 11 is 0. The van der Waals surface area contributed by atoms with Crippen molar-refractivity contribution in [1.29, 1.82) is 0 Å². The lowest BCUT2D eigenvalue weighted by Gasteiger charge is -2.15. The van der Waals surface area contributed by atoms with Gasteiger partial charge in [-0.3, -0.25) is 9.59 Å². The lowest BCUT2D eigenvalue weighted by molar-refractivity contribution is -0.119. The zero-order chi connectivity index (χ0) is 18.5. The fourth-order valence-corrected chi connectivity index (χ4v) is 2.69. The third kappa shape index (κ3) is 3.88. The highest BCUT2D eigenvalue weighted by molar-refractivity contribution is 5.93. The van der Waals surface area contributed by atoms with Gasteiger partial charge in [-0.2, -0.15) is 5.10 Å². The first-order chi connectivity index (χ1) is 12.6. The van der Waals surface area contributed by atoms with Gasteiger partial charge in [0.05, 0.1) is 5.69 Å². The van der Waals surface area contributed by atoms with Crippen LogP contribution in [0, 0.1) is 0 Å². The topological polar surface area (TPSA) is 64.0 Å². The number of amides is 1. The molecule has 26 heavy (non-hydrogen) atoms. The molecule has 0 unspecified atom stereocenters. The van der Waals surface area contributed by atoms with Gasteiger partial charge in [-0.1, -0.05) is 49.4 Å². The minimum absolute atomic E-state index is 0.280. The number of nitrogens with zero attached hydrogens (tertiary/aromatic N) is 2. The van der Waals surface area contributed by atoms with E-state index in [0.717, 1.165) is 17.5 Å². The average Bonchev–Trinajstić information content (AvgIpc) is 2.68. The van der Waals surface area contributed by atoms with Gasteiger partial charge < -0.3 is 5.32 Å². The third-order valence-corrected chi connectivity index (χ3v) is 4.24. The van der Waals surface area contributed by atoms with E-state index in [-0.39, 0.29) is 11.5 Å².